The minimum absolute atomic E-state index is 0.0138. The van der Waals surface area contributed by atoms with E-state index in [9.17, 15) is 4.79 Å². The van der Waals surface area contributed by atoms with E-state index in [1.165, 1.54) is 11.1 Å². The Bertz CT molecular complexity index is 1100. The van der Waals surface area contributed by atoms with E-state index in [0.717, 1.165) is 25.7 Å². The molecule has 36 heavy (non-hydrogen) atoms. The molecule has 0 aromatic heterocycles. The second-order valence-corrected chi connectivity index (χ2v) is 10.1. The van der Waals surface area contributed by atoms with E-state index < -0.39 is 0 Å². The fourth-order valence-electron chi connectivity index (χ4n) is 5.18. The van der Waals surface area contributed by atoms with Crippen LogP contribution in [0.15, 0.2) is 89.9 Å². The van der Waals surface area contributed by atoms with E-state index in [0.29, 0.717) is 42.1 Å². The molecule has 5 nitrogen and oxygen atoms in total. The van der Waals surface area contributed by atoms with Crippen molar-refractivity contribution in [1.29, 1.82) is 0 Å². The molecular weight excluding hydrogens is 468 g/mol. The number of halogens is 1. The first-order valence-electron chi connectivity index (χ1n) is 12.7. The Morgan fingerprint density at radius 2 is 1.36 bits per heavy atom. The number of amides is 1. The van der Waals surface area contributed by atoms with Gasteiger partial charge in [0.05, 0.1) is 10.6 Å². The molecule has 1 amide bonds. The third-order valence-corrected chi connectivity index (χ3v) is 7.50. The highest BCUT2D eigenvalue weighted by atomic mass is 35.5. The van der Waals surface area contributed by atoms with Crippen LogP contribution in [0.25, 0.3) is 0 Å². The van der Waals surface area contributed by atoms with Gasteiger partial charge in [0.2, 0.25) is 0 Å². The van der Waals surface area contributed by atoms with E-state index in [2.05, 4.69) is 53.5 Å². The number of hydrogen-bond donors (Lipinski definition) is 2. The Balaban J connectivity index is 1.58. The zero-order valence-electron chi connectivity index (χ0n) is 20.6. The first-order chi connectivity index (χ1) is 17.5. The summed E-state index contributed by atoms with van der Waals surface area (Å²) in [6.07, 6.45) is 4.24. The molecule has 0 aliphatic heterocycles. The maximum absolute atomic E-state index is 13.9. The van der Waals surface area contributed by atoms with E-state index >= 15 is 0 Å². The molecular formula is C30H35ClN4O. The lowest BCUT2D eigenvalue weighted by Crippen LogP contribution is -2.39. The van der Waals surface area contributed by atoms with Crippen LogP contribution in [0.2, 0.25) is 5.02 Å². The lowest BCUT2D eigenvalue weighted by atomic mass is 9.81. The summed E-state index contributed by atoms with van der Waals surface area (Å²) >= 11 is 6.48. The van der Waals surface area contributed by atoms with Gasteiger partial charge in [-0.15, -0.1) is 0 Å². The summed E-state index contributed by atoms with van der Waals surface area (Å²) in [4.78, 5) is 20.1. The SMILES string of the molecule is NC(N)=NCC1CCC(CN(CC(c2ccccc2)c2ccccc2)C(=O)c2ccccc2Cl)CC1. The van der Waals surface area contributed by atoms with Crippen LogP contribution in [0.4, 0.5) is 0 Å². The van der Waals surface area contributed by atoms with Crippen molar-refractivity contribution >= 4 is 23.5 Å². The molecule has 3 aromatic carbocycles. The van der Waals surface area contributed by atoms with Crippen LogP contribution >= 0.6 is 11.6 Å². The third-order valence-electron chi connectivity index (χ3n) is 7.18. The predicted octanol–water partition coefficient (Wildman–Crippen LogP) is 5.69. The minimum Gasteiger partial charge on any atom is -0.370 e. The lowest BCUT2D eigenvalue weighted by Gasteiger charge is -2.35. The number of benzene rings is 3. The zero-order valence-corrected chi connectivity index (χ0v) is 21.4. The maximum Gasteiger partial charge on any atom is 0.255 e. The van der Waals surface area contributed by atoms with Gasteiger partial charge in [-0.3, -0.25) is 9.79 Å². The molecule has 3 aromatic rings. The van der Waals surface area contributed by atoms with Gasteiger partial charge in [-0.25, -0.2) is 0 Å². The van der Waals surface area contributed by atoms with E-state index in [4.69, 9.17) is 23.1 Å². The number of carbonyl (C=O) groups is 1. The summed E-state index contributed by atoms with van der Waals surface area (Å²) in [6, 6.07) is 28.2. The van der Waals surface area contributed by atoms with Gasteiger partial charge in [0.15, 0.2) is 5.96 Å². The van der Waals surface area contributed by atoms with Gasteiger partial charge < -0.3 is 16.4 Å². The number of rotatable bonds is 9. The smallest absolute Gasteiger partial charge is 0.255 e. The fourth-order valence-corrected chi connectivity index (χ4v) is 5.40. The topological polar surface area (TPSA) is 84.7 Å². The molecule has 4 rings (SSSR count). The van der Waals surface area contributed by atoms with Crippen molar-refractivity contribution in [2.75, 3.05) is 19.6 Å². The van der Waals surface area contributed by atoms with Gasteiger partial charge in [0.1, 0.15) is 0 Å². The van der Waals surface area contributed by atoms with Crippen LogP contribution < -0.4 is 11.5 Å². The summed E-state index contributed by atoms with van der Waals surface area (Å²) < 4.78 is 0. The van der Waals surface area contributed by atoms with Gasteiger partial charge in [0.25, 0.3) is 5.91 Å². The second kappa shape index (κ2) is 12.6. The molecule has 6 heteroatoms. The van der Waals surface area contributed by atoms with E-state index in [-0.39, 0.29) is 17.8 Å². The first-order valence-corrected chi connectivity index (χ1v) is 13.1. The molecule has 0 atom stereocenters. The molecule has 0 radical (unpaired) electrons. The molecule has 1 saturated carbocycles. The average Bonchev–Trinajstić information content (AvgIpc) is 2.91. The fraction of sp³-hybridized carbons (Fsp3) is 0.333. The molecule has 188 valence electrons. The number of carbonyl (C=O) groups excluding carboxylic acids is 1. The first kappa shape index (κ1) is 25.8. The number of guanidine groups is 1. The van der Waals surface area contributed by atoms with Gasteiger partial charge in [0, 0.05) is 25.6 Å². The van der Waals surface area contributed by atoms with Crippen LogP contribution in [0.3, 0.4) is 0 Å². The van der Waals surface area contributed by atoms with E-state index in [1.807, 2.05) is 35.2 Å². The molecule has 0 bridgehead atoms. The summed E-state index contributed by atoms with van der Waals surface area (Å²) in [6.45, 7) is 1.97. The van der Waals surface area contributed by atoms with Crippen LogP contribution in [-0.4, -0.2) is 36.4 Å². The maximum atomic E-state index is 13.9. The number of nitrogens with two attached hydrogens (primary N) is 2. The molecule has 0 saturated heterocycles. The van der Waals surface area contributed by atoms with Crippen molar-refractivity contribution in [1.82, 2.24) is 4.90 Å². The molecule has 0 heterocycles. The summed E-state index contributed by atoms with van der Waals surface area (Å²) in [5.74, 6) is 1.13. The molecule has 4 N–H and O–H groups in total. The predicted molar refractivity (Wildman–Crippen MR) is 148 cm³/mol. The Kier molecular flexibility index (Phi) is 9.01. The van der Waals surface area contributed by atoms with Crippen LogP contribution in [0.5, 0.6) is 0 Å². The van der Waals surface area contributed by atoms with Crippen molar-refractivity contribution < 1.29 is 4.79 Å². The summed E-state index contributed by atoms with van der Waals surface area (Å²) in [5, 5.41) is 0.490. The Morgan fingerprint density at radius 3 is 1.92 bits per heavy atom. The molecule has 1 aliphatic carbocycles. The molecule has 0 spiro atoms. The number of aliphatic imine (C=N–C) groups is 1. The zero-order chi connectivity index (χ0) is 25.3. The van der Waals surface area contributed by atoms with Crippen molar-refractivity contribution in [3.8, 4) is 0 Å². The Morgan fingerprint density at radius 1 is 0.833 bits per heavy atom. The normalized spacial score (nSPS) is 17.5. The van der Waals surface area contributed by atoms with Crippen molar-refractivity contribution in [3.63, 3.8) is 0 Å². The van der Waals surface area contributed by atoms with Gasteiger partial charge in [-0.05, 0) is 60.8 Å². The second-order valence-electron chi connectivity index (χ2n) is 9.72. The largest absolute Gasteiger partial charge is 0.370 e. The Labute approximate surface area is 219 Å². The highest BCUT2D eigenvalue weighted by Crippen LogP contribution is 2.32. The molecule has 1 aliphatic rings. The van der Waals surface area contributed by atoms with Crippen molar-refractivity contribution in [2.24, 2.45) is 28.3 Å². The van der Waals surface area contributed by atoms with Gasteiger partial charge in [-0.1, -0.05) is 84.4 Å². The average molecular weight is 503 g/mol. The third kappa shape index (κ3) is 6.88. The number of nitrogens with zero attached hydrogens (tertiary/aromatic N) is 2. The van der Waals surface area contributed by atoms with Crippen molar-refractivity contribution in [2.45, 2.75) is 31.6 Å². The standard InChI is InChI=1S/C30H35ClN4O/c31-28-14-8-7-13-26(28)29(36)35(20-23-17-15-22(16-18-23)19-34-30(32)33)21-27(24-9-3-1-4-10-24)25-11-5-2-6-12-25/h1-14,22-23,27H,15-21H2,(H4,32,33,34). The van der Waals surface area contributed by atoms with Crippen LogP contribution in [-0.2, 0) is 0 Å². The van der Waals surface area contributed by atoms with Gasteiger partial charge in [-0.2, -0.15) is 0 Å². The number of hydrogen-bond acceptors (Lipinski definition) is 2. The van der Waals surface area contributed by atoms with E-state index in [1.54, 1.807) is 6.07 Å². The molecule has 1 fully saturated rings. The Hall–Kier alpha value is -3.31. The van der Waals surface area contributed by atoms with Gasteiger partial charge >= 0.3 is 0 Å². The monoisotopic (exact) mass is 502 g/mol. The van der Waals surface area contributed by atoms with Crippen LogP contribution in [0, 0.1) is 11.8 Å². The highest BCUT2D eigenvalue weighted by Gasteiger charge is 2.28. The molecule has 0 unspecified atom stereocenters. The minimum atomic E-state index is -0.0138. The summed E-state index contributed by atoms with van der Waals surface area (Å²) in [5.41, 5.74) is 14.0. The quantitative estimate of drug-likeness (QED) is 0.291. The summed E-state index contributed by atoms with van der Waals surface area (Å²) in [7, 11) is 0. The van der Waals surface area contributed by atoms with Crippen LogP contribution in [0.1, 0.15) is 53.1 Å². The highest BCUT2D eigenvalue weighted by molar-refractivity contribution is 6.33. The lowest BCUT2D eigenvalue weighted by molar-refractivity contribution is 0.0700. The van der Waals surface area contributed by atoms with Crippen molar-refractivity contribution in [3.05, 3.63) is 107 Å².